The zero-order chi connectivity index (χ0) is 10.1. The second kappa shape index (κ2) is 3.71. The van der Waals surface area contributed by atoms with Crippen LogP contribution in [0.2, 0.25) is 0 Å². The minimum absolute atomic E-state index is 0.0147. The third-order valence-electron chi connectivity index (χ3n) is 2.30. The van der Waals surface area contributed by atoms with E-state index in [1.807, 2.05) is 0 Å². The van der Waals surface area contributed by atoms with Gasteiger partial charge in [0, 0.05) is 12.8 Å². The Hall–Kier alpha value is -1.27. The van der Waals surface area contributed by atoms with E-state index in [-0.39, 0.29) is 6.10 Å². The third kappa shape index (κ3) is 1.66. The van der Waals surface area contributed by atoms with E-state index in [1.54, 1.807) is 11.7 Å². The molecule has 15 heavy (non-hydrogen) atoms. The lowest BCUT2D eigenvalue weighted by molar-refractivity contribution is 0.0835. The molecule has 0 saturated carbocycles. The Labute approximate surface area is 90.1 Å². The number of nitrogens with zero attached hydrogens (tertiary/aromatic N) is 3. The van der Waals surface area contributed by atoms with Crippen molar-refractivity contribution in [1.29, 1.82) is 0 Å². The highest BCUT2D eigenvalue weighted by atomic mass is 32.1. The van der Waals surface area contributed by atoms with E-state index in [2.05, 4.69) is 15.1 Å². The third-order valence-corrected chi connectivity index (χ3v) is 3.07. The van der Waals surface area contributed by atoms with Crippen LogP contribution in [0.3, 0.4) is 0 Å². The van der Waals surface area contributed by atoms with Gasteiger partial charge in [-0.3, -0.25) is 4.98 Å². The van der Waals surface area contributed by atoms with Gasteiger partial charge < -0.3 is 9.26 Å². The van der Waals surface area contributed by atoms with Crippen LogP contribution in [-0.4, -0.2) is 21.7 Å². The maximum absolute atomic E-state index is 5.46. The van der Waals surface area contributed by atoms with E-state index in [9.17, 15) is 0 Å². The molecular weight excluding hydrogens is 214 g/mol. The van der Waals surface area contributed by atoms with Crippen molar-refractivity contribution in [3.63, 3.8) is 0 Å². The van der Waals surface area contributed by atoms with Gasteiger partial charge in [-0.1, -0.05) is 5.16 Å². The molecule has 3 heterocycles. The SMILES string of the molecule is c1ncc(-c2noc(C3CCCO3)n2)s1. The number of rotatable bonds is 2. The second-order valence-corrected chi connectivity index (χ2v) is 4.21. The fourth-order valence-corrected chi connectivity index (χ4v) is 2.11. The molecule has 1 unspecified atom stereocenters. The van der Waals surface area contributed by atoms with E-state index >= 15 is 0 Å². The van der Waals surface area contributed by atoms with Gasteiger partial charge in [-0.05, 0) is 12.8 Å². The molecular formula is C9H9N3O2S. The summed E-state index contributed by atoms with van der Waals surface area (Å²) in [5.41, 5.74) is 1.75. The van der Waals surface area contributed by atoms with E-state index < -0.39 is 0 Å². The molecule has 2 aromatic rings. The number of hydrogen-bond acceptors (Lipinski definition) is 6. The summed E-state index contributed by atoms with van der Waals surface area (Å²) in [5, 5.41) is 3.91. The van der Waals surface area contributed by atoms with Crippen LogP contribution in [0.4, 0.5) is 0 Å². The average molecular weight is 223 g/mol. The van der Waals surface area contributed by atoms with Crippen molar-refractivity contribution in [2.45, 2.75) is 18.9 Å². The molecule has 0 aliphatic carbocycles. The molecule has 1 saturated heterocycles. The lowest BCUT2D eigenvalue weighted by atomic mass is 10.2. The lowest BCUT2D eigenvalue weighted by Crippen LogP contribution is -1.95. The predicted molar refractivity (Wildman–Crippen MR) is 53.3 cm³/mol. The zero-order valence-corrected chi connectivity index (χ0v) is 8.74. The highest BCUT2D eigenvalue weighted by Gasteiger charge is 2.24. The number of ether oxygens (including phenoxy) is 1. The smallest absolute Gasteiger partial charge is 0.256 e. The van der Waals surface area contributed by atoms with E-state index in [0.717, 1.165) is 24.3 Å². The van der Waals surface area contributed by atoms with Gasteiger partial charge in [0.1, 0.15) is 6.10 Å². The average Bonchev–Trinajstić information content (AvgIpc) is 3.02. The standard InChI is InChI=1S/C9H9N3O2S/c1-2-6(13-3-1)9-11-8(12-14-9)7-4-10-5-15-7/h4-6H,1-3H2. The summed E-state index contributed by atoms with van der Waals surface area (Å²) in [6.45, 7) is 0.781. The monoisotopic (exact) mass is 223 g/mol. The van der Waals surface area contributed by atoms with Gasteiger partial charge in [0.15, 0.2) is 0 Å². The molecule has 0 bridgehead atoms. The molecule has 0 radical (unpaired) electrons. The molecule has 0 N–H and O–H groups in total. The molecule has 0 spiro atoms. The van der Waals surface area contributed by atoms with Gasteiger partial charge in [0.2, 0.25) is 5.82 Å². The van der Waals surface area contributed by atoms with Crippen molar-refractivity contribution in [2.24, 2.45) is 0 Å². The predicted octanol–water partition coefficient (Wildman–Crippen LogP) is 2.04. The maximum atomic E-state index is 5.46. The molecule has 6 heteroatoms. The normalized spacial score (nSPS) is 20.9. The van der Waals surface area contributed by atoms with Crippen molar-refractivity contribution in [1.82, 2.24) is 15.1 Å². The van der Waals surface area contributed by atoms with E-state index in [1.165, 1.54) is 11.3 Å². The number of thiazole rings is 1. The first-order valence-electron chi connectivity index (χ1n) is 4.77. The summed E-state index contributed by atoms with van der Waals surface area (Å²) in [6, 6.07) is 0. The van der Waals surface area contributed by atoms with Gasteiger partial charge in [-0.2, -0.15) is 4.98 Å². The Morgan fingerprint density at radius 1 is 1.47 bits per heavy atom. The van der Waals surface area contributed by atoms with Gasteiger partial charge in [-0.25, -0.2) is 0 Å². The first-order chi connectivity index (χ1) is 7.43. The van der Waals surface area contributed by atoms with Crippen molar-refractivity contribution in [3.05, 3.63) is 17.6 Å². The van der Waals surface area contributed by atoms with Crippen molar-refractivity contribution in [3.8, 4) is 10.7 Å². The second-order valence-electron chi connectivity index (χ2n) is 3.32. The van der Waals surface area contributed by atoms with Crippen LogP contribution in [0.5, 0.6) is 0 Å². The fraction of sp³-hybridized carbons (Fsp3) is 0.444. The van der Waals surface area contributed by atoms with Crippen LogP contribution in [0, 0.1) is 0 Å². The minimum atomic E-state index is -0.0147. The van der Waals surface area contributed by atoms with Crippen LogP contribution >= 0.6 is 11.3 Å². The Morgan fingerprint density at radius 3 is 3.20 bits per heavy atom. The van der Waals surface area contributed by atoms with Crippen molar-refractivity contribution in [2.75, 3.05) is 6.61 Å². The quantitative estimate of drug-likeness (QED) is 0.779. The van der Waals surface area contributed by atoms with Gasteiger partial charge in [0.05, 0.1) is 10.4 Å². The summed E-state index contributed by atoms with van der Waals surface area (Å²) < 4.78 is 10.6. The highest BCUT2D eigenvalue weighted by molar-refractivity contribution is 7.13. The molecule has 78 valence electrons. The lowest BCUT2D eigenvalue weighted by Gasteiger charge is -2.00. The largest absolute Gasteiger partial charge is 0.368 e. The molecule has 1 atom stereocenters. The molecule has 1 fully saturated rings. The Balaban J connectivity index is 1.87. The number of hydrogen-bond donors (Lipinski definition) is 0. The van der Waals surface area contributed by atoms with Gasteiger partial charge in [-0.15, -0.1) is 11.3 Å². The topological polar surface area (TPSA) is 61.0 Å². The Kier molecular flexibility index (Phi) is 2.22. The first kappa shape index (κ1) is 8.99. The van der Waals surface area contributed by atoms with E-state index in [0.29, 0.717) is 11.7 Å². The molecule has 1 aliphatic rings. The summed E-state index contributed by atoms with van der Waals surface area (Å²) in [7, 11) is 0. The molecule has 3 rings (SSSR count). The highest BCUT2D eigenvalue weighted by Crippen LogP contribution is 2.29. The summed E-state index contributed by atoms with van der Waals surface area (Å²) in [5.74, 6) is 1.18. The van der Waals surface area contributed by atoms with Crippen LogP contribution in [0.25, 0.3) is 10.7 Å². The van der Waals surface area contributed by atoms with E-state index in [4.69, 9.17) is 9.26 Å². The van der Waals surface area contributed by atoms with Crippen LogP contribution in [0.15, 0.2) is 16.2 Å². The fourth-order valence-electron chi connectivity index (χ4n) is 1.56. The number of aromatic nitrogens is 3. The molecule has 0 amide bonds. The van der Waals surface area contributed by atoms with Crippen LogP contribution in [-0.2, 0) is 4.74 Å². The zero-order valence-electron chi connectivity index (χ0n) is 7.92. The Bertz CT molecular complexity index is 434. The van der Waals surface area contributed by atoms with Crippen molar-refractivity contribution < 1.29 is 9.26 Å². The Morgan fingerprint density at radius 2 is 2.47 bits per heavy atom. The summed E-state index contributed by atoms with van der Waals surface area (Å²) >= 11 is 1.49. The summed E-state index contributed by atoms with van der Waals surface area (Å²) in [4.78, 5) is 9.19. The molecule has 2 aromatic heterocycles. The maximum Gasteiger partial charge on any atom is 0.256 e. The first-order valence-corrected chi connectivity index (χ1v) is 5.65. The molecule has 5 nitrogen and oxygen atoms in total. The van der Waals surface area contributed by atoms with Crippen molar-refractivity contribution >= 4 is 11.3 Å². The van der Waals surface area contributed by atoms with Crippen LogP contribution in [0.1, 0.15) is 24.8 Å². The summed E-state index contributed by atoms with van der Waals surface area (Å²) in [6.07, 6.45) is 3.74. The van der Waals surface area contributed by atoms with Gasteiger partial charge in [0.25, 0.3) is 5.89 Å². The molecule has 1 aliphatic heterocycles. The van der Waals surface area contributed by atoms with Gasteiger partial charge >= 0.3 is 0 Å². The van der Waals surface area contributed by atoms with Crippen LogP contribution < -0.4 is 0 Å². The molecule has 0 aromatic carbocycles. The minimum Gasteiger partial charge on any atom is -0.368 e.